The SMILES string of the molecule is [O-]N(O)c1ccc(NN=C(Cc2ccccc2)[C@H](O)Cc2ccccc2)cc1. The van der Waals surface area contributed by atoms with Crippen molar-refractivity contribution < 1.29 is 10.3 Å². The van der Waals surface area contributed by atoms with Crippen LogP contribution >= 0.6 is 0 Å². The van der Waals surface area contributed by atoms with Crippen molar-refractivity contribution in [3.63, 3.8) is 0 Å². The number of nitrogens with zero attached hydrogens (tertiary/aromatic N) is 2. The number of hydrogen-bond acceptors (Lipinski definition) is 6. The third-order valence-electron chi connectivity index (χ3n) is 4.30. The Labute approximate surface area is 163 Å². The zero-order valence-corrected chi connectivity index (χ0v) is 15.3. The lowest BCUT2D eigenvalue weighted by atomic mass is 9.99. The molecule has 0 saturated carbocycles. The van der Waals surface area contributed by atoms with E-state index in [0.29, 0.717) is 24.2 Å². The van der Waals surface area contributed by atoms with Gasteiger partial charge < -0.3 is 15.5 Å². The Kier molecular flexibility index (Phi) is 6.75. The summed E-state index contributed by atoms with van der Waals surface area (Å²) in [5.74, 6) is 0. The lowest BCUT2D eigenvalue weighted by Crippen LogP contribution is -2.26. The smallest absolute Gasteiger partial charge is 0.0982 e. The molecule has 28 heavy (non-hydrogen) atoms. The molecule has 144 valence electrons. The van der Waals surface area contributed by atoms with E-state index in [1.54, 1.807) is 12.1 Å². The van der Waals surface area contributed by atoms with E-state index in [0.717, 1.165) is 11.1 Å². The van der Waals surface area contributed by atoms with Crippen LogP contribution in [0.1, 0.15) is 11.1 Å². The third-order valence-corrected chi connectivity index (χ3v) is 4.30. The summed E-state index contributed by atoms with van der Waals surface area (Å²) in [6.45, 7) is 0. The Morgan fingerprint density at radius 3 is 2.04 bits per heavy atom. The summed E-state index contributed by atoms with van der Waals surface area (Å²) in [4.78, 5) is 0. The van der Waals surface area contributed by atoms with E-state index in [1.807, 2.05) is 60.7 Å². The summed E-state index contributed by atoms with van der Waals surface area (Å²) in [6.07, 6.45) is 0.220. The van der Waals surface area contributed by atoms with Crippen molar-refractivity contribution in [3.05, 3.63) is 101 Å². The molecule has 6 nitrogen and oxygen atoms in total. The van der Waals surface area contributed by atoms with E-state index in [1.165, 1.54) is 12.1 Å². The van der Waals surface area contributed by atoms with E-state index in [2.05, 4.69) is 10.5 Å². The van der Waals surface area contributed by atoms with Crippen LogP contribution < -0.4 is 10.7 Å². The van der Waals surface area contributed by atoms with Gasteiger partial charge >= 0.3 is 0 Å². The average Bonchev–Trinajstić information content (AvgIpc) is 2.73. The molecule has 0 spiro atoms. The van der Waals surface area contributed by atoms with Gasteiger partial charge in [-0.05, 0) is 35.4 Å². The number of aliphatic hydroxyl groups is 1. The lowest BCUT2D eigenvalue weighted by Gasteiger charge is -2.21. The summed E-state index contributed by atoms with van der Waals surface area (Å²) >= 11 is 0. The monoisotopic (exact) mass is 376 g/mol. The van der Waals surface area contributed by atoms with Crippen LogP contribution in [-0.4, -0.2) is 22.1 Å². The second-order valence-corrected chi connectivity index (χ2v) is 6.40. The van der Waals surface area contributed by atoms with E-state index in [4.69, 9.17) is 5.21 Å². The minimum Gasteiger partial charge on any atom is -0.733 e. The fraction of sp³-hybridized carbons (Fsp3) is 0.136. The maximum Gasteiger partial charge on any atom is 0.0982 e. The van der Waals surface area contributed by atoms with Crippen LogP contribution in [0.5, 0.6) is 0 Å². The van der Waals surface area contributed by atoms with E-state index in [9.17, 15) is 10.3 Å². The number of rotatable bonds is 8. The van der Waals surface area contributed by atoms with Crippen LogP contribution in [0, 0.1) is 5.21 Å². The molecule has 0 heterocycles. The van der Waals surface area contributed by atoms with Gasteiger partial charge in [-0.25, -0.2) is 0 Å². The summed E-state index contributed by atoms with van der Waals surface area (Å²) in [5.41, 5.74) is 6.37. The van der Waals surface area contributed by atoms with E-state index < -0.39 is 6.10 Å². The van der Waals surface area contributed by atoms with Gasteiger partial charge in [0.05, 0.1) is 23.2 Å². The van der Waals surface area contributed by atoms with Crippen LogP contribution in [0.15, 0.2) is 90.0 Å². The first-order valence-electron chi connectivity index (χ1n) is 8.96. The molecule has 0 saturated heterocycles. The number of hydrazone groups is 1. The molecule has 0 aliphatic rings. The van der Waals surface area contributed by atoms with Gasteiger partial charge in [-0.2, -0.15) is 5.10 Å². The van der Waals surface area contributed by atoms with Crippen LogP contribution in [0.25, 0.3) is 0 Å². The molecule has 0 radical (unpaired) electrons. The number of aliphatic hydroxyl groups excluding tert-OH is 1. The third kappa shape index (κ3) is 5.65. The van der Waals surface area contributed by atoms with Gasteiger partial charge in [0.2, 0.25) is 0 Å². The second kappa shape index (κ2) is 9.66. The Morgan fingerprint density at radius 2 is 1.46 bits per heavy atom. The van der Waals surface area contributed by atoms with Crippen molar-refractivity contribution in [2.75, 3.05) is 10.7 Å². The molecule has 3 N–H and O–H groups in total. The highest BCUT2D eigenvalue weighted by Crippen LogP contribution is 2.16. The molecular formula is C22H22N3O3-. The van der Waals surface area contributed by atoms with Crippen LogP contribution in [0.2, 0.25) is 0 Å². The maximum atomic E-state index is 10.9. The summed E-state index contributed by atoms with van der Waals surface area (Å²) in [6, 6.07) is 25.8. The van der Waals surface area contributed by atoms with Gasteiger partial charge in [0.25, 0.3) is 0 Å². The average molecular weight is 376 g/mol. The van der Waals surface area contributed by atoms with Crippen LogP contribution in [0.4, 0.5) is 11.4 Å². The second-order valence-electron chi connectivity index (χ2n) is 6.40. The topological polar surface area (TPSA) is 91.2 Å². The van der Waals surface area contributed by atoms with Gasteiger partial charge in [0.15, 0.2) is 0 Å². The number of hydrogen-bond donors (Lipinski definition) is 3. The van der Waals surface area contributed by atoms with Crippen molar-refractivity contribution in [2.45, 2.75) is 18.9 Å². The van der Waals surface area contributed by atoms with Gasteiger partial charge in [0, 0.05) is 12.8 Å². The van der Waals surface area contributed by atoms with Crippen molar-refractivity contribution in [1.82, 2.24) is 0 Å². The highest BCUT2D eigenvalue weighted by atomic mass is 16.8. The van der Waals surface area contributed by atoms with Crippen molar-refractivity contribution in [2.24, 2.45) is 5.10 Å². The van der Waals surface area contributed by atoms with E-state index >= 15 is 0 Å². The Morgan fingerprint density at radius 1 is 0.893 bits per heavy atom. The zero-order valence-electron chi connectivity index (χ0n) is 15.3. The molecule has 3 aromatic rings. The summed E-state index contributed by atoms with van der Waals surface area (Å²) < 4.78 is 0. The molecule has 0 unspecified atom stereocenters. The Balaban J connectivity index is 1.77. The fourth-order valence-electron chi connectivity index (χ4n) is 2.79. The quantitative estimate of drug-likeness (QED) is 0.408. The molecular weight excluding hydrogens is 354 g/mol. The molecule has 0 aromatic heterocycles. The zero-order chi connectivity index (χ0) is 19.8. The van der Waals surface area contributed by atoms with Crippen molar-refractivity contribution in [1.29, 1.82) is 0 Å². The number of benzene rings is 3. The number of anilines is 2. The molecule has 1 atom stereocenters. The molecule has 0 aliphatic carbocycles. The van der Waals surface area contributed by atoms with E-state index in [-0.39, 0.29) is 10.9 Å². The molecule has 0 bridgehead atoms. The lowest BCUT2D eigenvalue weighted by molar-refractivity contribution is 0.240. The first-order valence-corrected chi connectivity index (χ1v) is 8.96. The number of nitrogens with one attached hydrogen (secondary N) is 1. The maximum absolute atomic E-state index is 10.9. The first kappa shape index (κ1) is 19.6. The fourth-order valence-corrected chi connectivity index (χ4v) is 2.79. The van der Waals surface area contributed by atoms with Crippen LogP contribution in [-0.2, 0) is 12.8 Å². The van der Waals surface area contributed by atoms with Crippen LogP contribution in [0.3, 0.4) is 0 Å². The summed E-state index contributed by atoms with van der Waals surface area (Å²) in [5, 5.41) is 34.8. The minimum atomic E-state index is -0.746. The predicted octanol–water partition coefficient (Wildman–Crippen LogP) is 3.99. The highest BCUT2D eigenvalue weighted by Gasteiger charge is 2.15. The molecule has 6 heteroatoms. The molecule has 3 rings (SSSR count). The van der Waals surface area contributed by atoms with Gasteiger partial charge in [-0.15, -0.1) is 0 Å². The molecule has 0 amide bonds. The highest BCUT2D eigenvalue weighted by molar-refractivity contribution is 5.91. The molecule has 0 fully saturated rings. The molecule has 3 aromatic carbocycles. The molecule has 0 aliphatic heterocycles. The van der Waals surface area contributed by atoms with Gasteiger partial charge in [0.1, 0.15) is 0 Å². The standard InChI is InChI=1S/C22H22N3O3/c26-22(16-18-9-5-2-6-10-18)21(15-17-7-3-1-4-8-17)24-23-19-11-13-20(14-12-19)25(27)28/h1-14,22-23,26-27H,15-16H2/q-1/t22-/m1/s1. The largest absolute Gasteiger partial charge is 0.733 e. The van der Waals surface area contributed by atoms with Crippen molar-refractivity contribution in [3.8, 4) is 0 Å². The predicted molar refractivity (Wildman–Crippen MR) is 111 cm³/mol. The minimum absolute atomic E-state index is 0.128. The summed E-state index contributed by atoms with van der Waals surface area (Å²) in [7, 11) is 0. The Bertz CT molecular complexity index is 882. The normalized spacial score (nSPS) is 12.5. The van der Waals surface area contributed by atoms with Gasteiger partial charge in [-0.1, -0.05) is 60.7 Å². The van der Waals surface area contributed by atoms with Gasteiger partial charge in [-0.3, -0.25) is 10.6 Å². The van der Waals surface area contributed by atoms with Crippen molar-refractivity contribution >= 4 is 17.1 Å². The Hall–Kier alpha value is -3.19. The first-order chi connectivity index (χ1) is 13.6.